The maximum Gasteiger partial charge on any atom is 0.339 e. The first-order chi connectivity index (χ1) is 18.8. The standard InChI is InChI=1S/C31H41N5O3/c1-23(2)20-26-6-10-27(11-7-26)29-21-36(35(30(37)24(3)4)19-18-33-17-15-32-22-33)31(38)34(29)16-14-25-8-12-28(39-5)13-9-25/h6-13,15,17,22-24,29H,14,16,18-21H2,1-5H3. The van der Waals surface area contributed by atoms with E-state index in [-0.39, 0.29) is 23.9 Å². The minimum atomic E-state index is -0.234. The molecular formula is C31H41N5O3. The van der Waals surface area contributed by atoms with E-state index in [1.54, 1.807) is 29.7 Å². The van der Waals surface area contributed by atoms with E-state index in [2.05, 4.69) is 43.1 Å². The van der Waals surface area contributed by atoms with Crippen molar-refractivity contribution in [2.24, 2.45) is 11.8 Å². The highest BCUT2D eigenvalue weighted by Crippen LogP contribution is 2.32. The highest BCUT2D eigenvalue weighted by Gasteiger charge is 2.42. The van der Waals surface area contributed by atoms with Gasteiger partial charge in [0.15, 0.2) is 0 Å². The summed E-state index contributed by atoms with van der Waals surface area (Å²) in [5.41, 5.74) is 3.50. The quantitative estimate of drug-likeness (QED) is 0.322. The smallest absolute Gasteiger partial charge is 0.339 e. The van der Waals surface area contributed by atoms with Crippen molar-refractivity contribution in [3.63, 3.8) is 0 Å². The molecule has 1 fully saturated rings. The van der Waals surface area contributed by atoms with Crippen LogP contribution in [0.15, 0.2) is 67.3 Å². The number of nitrogens with zero attached hydrogens (tertiary/aromatic N) is 5. The Bertz CT molecular complexity index is 1210. The molecule has 0 aliphatic carbocycles. The Morgan fingerprint density at radius 1 is 1.03 bits per heavy atom. The lowest BCUT2D eigenvalue weighted by Crippen LogP contribution is -2.51. The normalized spacial score (nSPS) is 15.5. The van der Waals surface area contributed by atoms with Crippen molar-refractivity contribution in [1.82, 2.24) is 24.5 Å². The van der Waals surface area contributed by atoms with E-state index in [1.165, 1.54) is 5.56 Å². The first kappa shape index (κ1) is 28.2. The van der Waals surface area contributed by atoms with Gasteiger partial charge in [0.1, 0.15) is 5.75 Å². The number of carbonyl (C=O) groups is 2. The Kier molecular flexibility index (Phi) is 9.28. The number of hydrogen-bond acceptors (Lipinski definition) is 4. The molecule has 0 bridgehead atoms. The number of aromatic nitrogens is 2. The first-order valence-corrected chi connectivity index (χ1v) is 13.8. The number of hydrazine groups is 1. The molecule has 0 saturated carbocycles. The molecule has 0 N–H and O–H groups in total. The summed E-state index contributed by atoms with van der Waals surface area (Å²) in [6.45, 7) is 10.1. The van der Waals surface area contributed by atoms with Crippen LogP contribution in [-0.4, -0.2) is 63.2 Å². The second-order valence-electron chi connectivity index (χ2n) is 10.9. The van der Waals surface area contributed by atoms with Crippen LogP contribution in [0.5, 0.6) is 5.75 Å². The minimum Gasteiger partial charge on any atom is -0.497 e. The molecule has 3 aromatic rings. The lowest BCUT2D eigenvalue weighted by Gasteiger charge is -2.32. The van der Waals surface area contributed by atoms with Crippen LogP contribution in [0.3, 0.4) is 0 Å². The fourth-order valence-electron chi connectivity index (χ4n) is 5.03. The summed E-state index contributed by atoms with van der Waals surface area (Å²) in [7, 11) is 1.65. The van der Waals surface area contributed by atoms with Crippen molar-refractivity contribution in [1.29, 1.82) is 0 Å². The van der Waals surface area contributed by atoms with E-state index >= 15 is 0 Å². The number of ether oxygens (including phenoxy) is 1. The molecule has 1 aliphatic heterocycles. The third kappa shape index (κ3) is 6.99. The predicted octanol–water partition coefficient (Wildman–Crippen LogP) is 5.21. The molecule has 1 saturated heterocycles. The third-order valence-electron chi connectivity index (χ3n) is 7.17. The Hall–Kier alpha value is -3.81. The van der Waals surface area contributed by atoms with Gasteiger partial charge in [-0.05, 0) is 47.6 Å². The fraction of sp³-hybridized carbons (Fsp3) is 0.452. The number of urea groups is 1. The maximum atomic E-state index is 14.0. The molecule has 1 aliphatic rings. The van der Waals surface area contributed by atoms with Crippen LogP contribution in [0.25, 0.3) is 0 Å². The van der Waals surface area contributed by atoms with Crippen molar-refractivity contribution in [3.05, 3.63) is 83.9 Å². The molecule has 39 heavy (non-hydrogen) atoms. The monoisotopic (exact) mass is 531 g/mol. The average Bonchev–Trinajstić information content (AvgIpc) is 3.56. The number of imidazole rings is 1. The molecule has 8 heteroatoms. The van der Waals surface area contributed by atoms with Gasteiger partial charge in [-0.25, -0.2) is 19.8 Å². The number of hydrogen-bond donors (Lipinski definition) is 0. The first-order valence-electron chi connectivity index (χ1n) is 13.8. The van der Waals surface area contributed by atoms with Gasteiger partial charge in [-0.2, -0.15) is 0 Å². The number of benzene rings is 2. The molecular weight excluding hydrogens is 490 g/mol. The van der Waals surface area contributed by atoms with Gasteiger partial charge in [-0.1, -0.05) is 64.1 Å². The number of carbonyl (C=O) groups excluding carboxylic acids is 2. The van der Waals surface area contributed by atoms with Crippen LogP contribution in [0, 0.1) is 11.8 Å². The molecule has 2 aromatic carbocycles. The van der Waals surface area contributed by atoms with E-state index in [0.29, 0.717) is 38.5 Å². The lowest BCUT2D eigenvalue weighted by atomic mass is 9.99. The third-order valence-corrected chi connectivity index (χ3v) is 7.17. The summed E-state index contributed by atoms with van der Waals surface area (Å²) >= 11 is 0. The van der Waals surface area contributed by atoms with Crippen molar-refractivity contribution in [3.8, 4) is 5.75 Å². The number of amides is 3. The summed E-state index contributed by atoms with van der Waals surface area (Å²) in [4.78, 5) is 33.3. The van der Waals surface area contributed by atoms with Crippen LogP contribution in [0.4, 0.5) is 4.79 Å². The SMILES string of the molecule is COc1ccc(CCN2C(=O)N(N(CCn3ccnc3)C(=O)C(C)C)CC2c2ccc(CC(C)C)cc2)cc1. The number of methoxy groups -OCH3 is 1. The van der Waals surface area contributed by atoms with Gasteiger partial charge in [0.05, 0.1) is 32.6 Å². The van der Waals surface area contributed by atoms with Gasteiger partial charge >= 0.3 is 6.03 Å². The van der Waals surface area contributed by atoms with Crippen LogP contribution in [0.2, 0.25) is 0 Å². The largest absolute Gasteiger partial charge is 0.497 e. The van der Waals surface area contributed by atoms with Gasteiger partial charge in [-0.15, -0.1) is 0 Å². The van der Waals surface area contributed by atoms with Gasteiger partial charge < -0.3 is 14.2 Å². The average molecular weight is 532 g/mol. The van der Waals surface area contributed by atoms with Gasteiger partial charge in [0.2, 0.25) is 5.91 Å². The Balaban J connectivity index is 1.59. The van der Waals surface area contributed by atoms with E-state index < -0.39 is 0 Å². The summed E-state index contributed by atoms with van der Waals surface area (Å²) in [5, 5.41) is 3.29. The van der Waals surface area contributed by atoms with E-state index in [0.717, 1.165) is 23.3 Å². The Labute approximate surface area is 232 Å². The Morgan fingerprint density at radius 2 is 1.72 bits per heavy atom. The predicted molar refractivity (Wildman–Crippen MR) is 152 cm³/mol. The number of rotatable bonds is 12. The van der Waals surface area contributed by atoms with E-state index in [9.17, 15) is 9.59 Å². The van der Waals surface area contributed by atoms with E-state index in [1.807, 2.05) is 53.8 Å². The fourth-order valence-corrected chi connectivity index (χ4v) is 5.03. The molecule has 8 nitrogen and oxygen atoms in total. The summed E-state index contributed by atoms with van der Waals surface area (Å²) in [5.74, 6) is 1.09. The minimum absolute atomic E-state index is 0.0634. The van der Waals surface area contributed by atoms with Crippen LogP contribution in [0.1, 0.15) is 50.4 Å². The molecule has 2 heterocycles. The second-order valence-corrected chi connectivity index (χ2v) is 10.9. The van der Waals surface area contributed by atoms with Crippen LogP contribution in [-0.2, 0) is 24.2 Å². The second kappa shape index (κ2) is 12.8. The van der Waals surface area contributed by atoms with Crippen LogP contribution < -0.4 is 4.74 Å². The van der Waals surface area contributed by atoms with Crippen molar-refractivity contribution in [2.45, 2.75) is 53.1 Å². The molecule has 208 valence electrons. The summed E-state index contributed by atoms with van der Waals surface area (Å²) in [6, 6.07) is 16.3. The van der Waals surface area contributed by atoms with Crippen molar-refractivity contribution >= 4 is 11.9 Å². The summed E-state index contributed by atoms with van der Waals surface area (Å²) in [6.07, 6.45) is 7.04. The van der Waals surface area contributed by atoms with Gasteiger partial charge in [0.25, 0.3) is 0 Å². The van der Waals surface area contributed by atoms with Crippen molar-refractivity contribution < 1.29 is 14.3 Å². The zero-order chi connectivity index (χ0) is 27.9. The zero-order valence-corrected chi connectivity index (χ0v) is 23.8. The summed E-state index contributed by atoms with van der Waals surface area (Å²) < 4.78 is 7.21. The van der Waals surface area contributed by atoms with Crippen molar-refractivity contribution in [2.75, 3.05) is 26.7 Å². The topological polar surface area (TPSA) is 70.9 Å². The molecule has 1 aromatic heterocycles. The molecule has 0 spiro atoms. The molecule has 4 rings (SSSR count). The highest BCUT2D eigenvalue weighted by molar-refractivity contribution is 5.84. The van der Waals surface area contributed by atoms with E-state index in [4.69, 9.17) is 4.74 Å². The molecule has 1 unspecified atom stereocenters. The van der Waals surface area contributed by atoms with Crippen LogP contribution >= 0.6 is 0 Å². The zero-order valence-electron chi connectivity index (χ0n) is 23.8. The highest BCUT2D eigenvalue weighted by atomic mass is 16.5. The van der Waals surface area contributed by atoms with Gasteiger partial charge in [0, 0.05) is 31.4 Å². The van der Waals surface area contributed by atoms with Gasteiger partial charge in [-0.3, -0.25) is 4.79 Å². The maximum absolute atomic E-state index is 14.0. The molecule has 1 atom stereocenters. The molecule has 3 amide bonds. The lowest BCUT2D eigenvalue weighted by molar-refractivity contribution is -0.147. The Morgan fingerprint density at radius 3 is 2.31 bits per heavy atom. The molecule has 0 radical (unpaired) electrons.